The van der Waals surface area contributed by atoms with E-state index in [4.69, 9.17) is 18.9 Å². The van der Waals surface area contributed by atoms with Crippen LogP contribution in [0, 0.1) is 17.0 Å². The third-order valence-electron chi connectivity index (χ3n) is 6.75. The molecule has 0 aliphatic heterocycles. The van der Waals surface area contributed by atoms with Crippen molar-refractivity contribution in [2.24, 2.45) is 5.10 Å². The highest BCUT2D eigenvalue weighted by Crippen LogP contribution is 2.33. The minimum atomic E-state index is -0.502. The van der Waals surface area contributed by atoms with Crippen LogP contribution in [0.2, 0.25) is 0 Å². The van der Waals surface area contributed by atoms with Crippen molar-refractivity contribution >= 4 is 33.8 Å². The summed E-state index contributed by atoms with van der Waals surface area (Å²) in [6.07, 6.45) is 1.35. The second-order valence-electron chi connectivity index (χ2n) is 9.55. The number of nitrogens with zero attached hydrogens (tertiary/aromatic N) is 4. The monoisotopic (exact) mass is 560 g/mol. The zero-order chi connectivity index (χ0) is 29.2. The number of benzene rings is 4. The molecule has 0 fully saturated rings. The lowest BCUT2D eigenvalue weighted by Gasteiger charge is -2.10. The van der Waals surface area contributed by atoms with Gasteiger partial charge >= 0.3 is 0 Å². The number of nitro benzene ring substituents is 1. The van der Waals surface area contributed by atoms with E-state index in [9.17, 15) is 14.9 Å². The fraction of sp³-hybridized carbons (Fsp3) is 0.0938. The van der Waals surface area contributed by atoms with Crippen LogP contribution in [-0.4, -0.2) is 27.9 Å². The third kappa shape index (κ3) is 5.08. The van der Waals surface area contributed by atoms with Gasteiger partial charge < -0.3 is 13.9 Å². The molecule has 10 heteroatoms. The number of para-hydroxylation sites is 1. The normalized spacial score (nSPS) is 11.4. The van der Waals surface area contributed by atoms with Crippen molar-refractivity contribution in [2.45, 2.75) is 13.5 Å². The van der Waals surface area contributed by atoms with E-state index in [2.05, 4.69) is 5.10 Å². The number of fused-ring (bicyclic) bond motifs is 2. The average molecular weight is 561 g/mol. The van der Waals surface area contributed by atoms with Crippen molar-refractivity contribution in [2.75, 3.05) is 7.11 Å². The Morgan fingerprint density at radius 2 is 1.79 bits per heavy atom. The summed E-state index contributed by atoms with van der Waals surface area (Å²) in [6.45, 7) is 2.23. The molecule has 0 unspecified atom stereocenters. The van der Waals surface area contributed by atoms with Crippen molar-refractivity contribution in [1.82, 2.24) is 9.66 Å². The minimum absolute atomic E-state index is 0.146. The van der Waals surface area contributed by atoms with Crippen LogP contribution < -0.4 is 15.0 Å². The highest BCUT2D eigenvalue weighted by atomic mass is 16.6. The average Bonchev–Trinajstić information content (AvgIpc) is 3.45. The lowest BCUT2D eigenvalue weighted by Crippen LogP contribution is -2.20. The molecular formula is C32H24N4O6. The minimum Gasteiger partial charge on any atom is -0.496 e. The molecule has 0 atom stereocenters. The van der Waals surface area contributed by atoms with E-state index in [1.165, 1.54) is 24.4 Å². The molecular weight excluding hydrogens is 536 g/mol. The Hall–Kier alpha value is -5.77. The van der Waals surface area contributed by atoms with Gasteiger partial charge in [-0.15, -0.1) is 0 Å². The molecule has 10 nitrogen and oxygen atoms in total. The fourth-order valence-corrected chi connectivity index (χ4v) is 4.56. The predicted octanol–water partition coefficient (Wildman–Crippen LogP) is 6.50. The van der Waals surface area contributed by atoms with E-state index in [0.717, 1.165) is 15.8 Å². The number of hydrogen-bond donors (Lipinski definition) is 0. The van der Waals surface area contributed by atoms with Crippen LogP contribution in [0.1, 0.15) is 16.7 Å². The molecule has 2 aromatic heterocycles. The number of aromatic nitrogens is 2. The molecule has 0 aliphatic carbocycles. The molecule has 6 aromatic rings. The van der Waals surface area contributed by atoms with E-state index in [0.29, 0.717) is 44.7 Å². The molecule has 2 heterocycles. The Morgan fingerprint density at radius 1 is 0.976 bits per heavy atom. The maximum absolute atomic E-state index is 13.7. The second-order valence-corrected chi connectivity index (χ2v) is 9.55. The summed E-state index contributed by atoms with van der Waals surface area (Å²) in [5.41, 5.74) is 2.80. The van der Waals surface area contributed by atoms with Crippen LogP contribution in [0.5, 0.6) is 11.5 Å². The summed E-state index contributed by atoms with van der Waals surface area (Å²) in [5.74, 6) is 1.42. The first-order chi connectivity index (χ1) is 20.4. The van der Waals surface area contributed by atoms with Gasteiger partial charge in [-0.1, -0.05) is 48.0 Å². The van der Waals surface area contributed by atoms with Crippen molar-refractivity contribution in [3.8, 4) is 23.1 Å². The van der Waals surface area contributed by atoms with Crippen molar-refractivity contribution in [1.29, 1.82) is 0 Å². The smallest absolute Gasteiger partial charge is 0.282 e. The van der Waals surface area contributed by atoms with Gasteiger partial charge in [0.05, 0.1) is 34.5 Å². The highest BCUT2D eigenvalue weighted by Gasteiger charge is 2.18. The van der Waals surface area contributed by atoms with E-state index in [1.807, 2.05) is 31.2 Å². The molecule has 4 aromatic carbocycles. The van der Waals surface area contributed by atoms with E-state index in [1.54, 1.807) is 55.6 Å². The molecule has 6 rings (SSSR count). The lowest BCUT2D eigenvalue weighted by atomic mass is 10.1. The number of nitro groups is 1. The SMILES string of the molecule is COc1cccc2oc(-c3nc4ccccc4c(=O)n3N=Cc3cc([N+](=O)[O-])ccc3OCc3ccc(C)cc3)cc12. The van der Waals surface area contributed by atoms with Crippen LogP contribution in [0.3, 0.4) is 0 Å². The van der Waals surface area contributed by atoms with Crippen LogP contribution in [0.15, 0.2) is 105 Å². The van der Waals surface area contributed by atoms with E-state index >= 15 is 0 Å². The molecule has 0 amide bonds. The third-order valence-corrected chi connectivity index (χ3v) is 6.75. The van der Waals surface area contributed by atoms with Gasteiger partial charge in [-0.2, -0.15) is 9.78 Å². The molecule has 42 heavy (non-hydrogen) atoms. The van der Waals surface area contributed by atoms with Gasteiger partial charge in [-0.25, -0.2) is 4.98 Å². The lowest BCUT2D eigenvalue weighted by molar-refractivity contribution is -0.384. The summed E-state index contributed by atoms with van der Waals surface area (Å²) >= 11 is 0. The van der Waals surface area contributed by atoms with Crippen molar-refractivity contribution in [3.63, 3.8) is 0 Å². The largest absolute Gasteiger partial charge is 0.496 e. The number of methoxy groups -OCH3 is 1. The maximum atomic E-state index is 13.7. The Labute approximate surface area is 239 Å². The van der Waals surface area contributed by atoms with Gasteiger partial charge in [0.2, 0.25) is 5.82 Å². The molecule has 0 spiro atoms. The van der Waals surface area contributed by atoms with E-state index in [-0.39, 0.29) is 18.1 Å². The summed E-state index contributed by atoms with van der Waals surface area (Å²) in [6, 6.07) is 26.1. The predicted molar refractivity (Wildman–Crippen MR) is 159 cm³/mol. The summed E-state index contributed by atoms with van der Waals surface area (Å²) in [4.78, 5) is 29.4. The first kappa shape index (κ1) is 26.5. The molecule has 0 bridgehead atoms. The molecule has 0 saturated heterocycles. The molecule has 0 radical (unpaired) electrons. The number of hydrogen-bond acceptors (Lipinski definition) is 8. The fourth-order valence-electron chi connectivity index (χ4n) is 4.56. The number of ether oxygens (including phenoxy) is 2. The number of rotatable bonds is 8. The van der Waals surface area contributed by atoms with Crippen LogP contribution in [-0.2, 0) is 6.61 Å². The summed E-state index contributed by atoms with van der Waals surface area (Å²) in [5, 5.41) is 17.1. The van der Waals surface area contributed by atoms with Crippen LogP contribution >= 0.6 is 0 Å². The number of aryl methyl sites for hydroxylation is 1. The number of furan rings is 1. The standard InChI is InChI=1S/C32H24N4O6/c1-20-10-12-21(13-11-20)19-41-27-15-14-23(36(38)39)16-22(27)18-33-35-31(34-26-7-4-3-6-24(26)32(35)37)30-17-25-28(40-2)8-5-9-29(25)42-30/h3-18H,19H2,1-2H3. The highest BCUT2D eigenvalue weighted by molar-refractivity contribution is 5.89. The topological polar surface area (TPSA) is 122 Å². The maximum Gasteiger partial charge on any atom is 0.282 e. The van der Waals surface area contributed by atoms with Gasteiger partial charge in [0, 0.05) is 17.7 Å². The van der Waals surface area contributed by atoms with Crippen molar-refractivity contribution in [3.05, 3.63) is 128 Å². The molecule has 0 N–H and O–H groups in total. The van der Waals surface area contributed by atoms with Crippen molar-refractivity contribution < 1.29 is 18.8 Å². The first-order valence-electron chi connectivity index (χ1n) is 13.0. The van der Waals surface area contributed by atoms with Gasteiger partial charge in [0.25, 0.3) is 11.2 Å². The zero-order valence-electron chi connectivity index (χ0n) is 22.7. The Morgan fingerprint density at radius 3 is 2.57 bits per heavy atom. The Bertz CT molecular complexity index is 2040. The quantitative estimate of drug-likeness (QED) is 0.118. The van der Waals surface area contributed by atoms with Gasteiger partial charge in [0.1, 0.15) is 23.7 Å². The zero-order valence-corrected chi connectivity index (χ0v) is 22.7. The van der Waals surface area contributed by atoms with Gasteiger partial charge in [0.15, 0.2) is 5.76 Å². The summed E-state index contributed by atoms with van der Waals surface area (Å²) < 4.78 is 18.7. The number of non-ortho nitro benzene ring substituents is 1. The molecule has 0 saturated carbocycles. The first-order valence-corrected chi connectivity index (χ1v) is 13.0. The van der Waals surface area contributed by atoms with E-state index < -0.39 is 10.5 Å². The second kappa shape index (κ2) is 11.0. The van der Waals surface area contributed by atoms with Gasteiger partial charge in [-0.3, -0.25) is 14.9 Å². The molecule has 208 valence electrons. The Kier molecular flexibility index (Phi) is 6.93. The van der Waals surface area contributed by atoms with Crippen LogP contribution in [0.25, 0.3) is 33.5 Å². The van der Waals surface area contributed by atoms with Gasteiger partial charge in [-0.05, 0) is 48.9 Å². The summed E-state index contributed by atoms with van der Waals surface area (Å²) in [7, 11) is 1.56. The molecule has 0 aliphatic rings. The van der Waals surface area contributed by atoms with Crippen LogP contribution in [0.4, 0.5) is 5.69 Å². The Balaban J connectivity index is 1.47.